The molecule has 1 saturated heterocycles. The number of halogens is 3. The Bertz CT molecular complexity index is 1010. The average Bonchev–Trinajstić information content (AvgIpc) is 3.02. The van der Waals surface area contributed by atoms with Crippen LogP contribution in [0.15, 0.2) is 36.0 Å². The van der Waals surface area contributed by atoms with Gasteiger partial charge >= 0.3 is 6.18 Å². The number of Topliss-reactive ketones (excluding diaryl/α,β-unsaturated/α-hetero) is 1. The minimum absolute atomic E-state index is 0.238. The van der Waals surface area contributed by atoms with Crippen LogP contribution in [0.3, 0.4) is 0 Å². The fourth-order valence-electron chi connectivity index (χ4n) is 4.14. The Balaban J connectivity index is 1.69. The van der Waals surface area contributed by atoms with E-state index in [0.29, 0.717) is 22.8 Å². The third-order valence-corrected chi connectivity index (χ3v) is 5.90. The molecule has 0 atom stereocenters. The van der Waals surface area contributed by atoms with E-state index in [1.807, 2.05) is 6.07 Å². The highest BCUT2D eigenvalue weighted by atomic mass is 19.4. The smallest absolute Gasteiger partial charge is 0.418 e. The molecule has 0 saturated carbocycles. The fraction of sp³-hybridized carbons (Fsp3) is 0.391. The van der Waals surface area contributed by atoms with E-state index in [4.69, 9.17) is 4.74 Å². The largest absolute Gasteiger partial charge is 0.495 e. The van der Waals surface area contributed by atoms with Crippen molar-refractivity contribution in [1.29, 1.82) is 0 Å². The summed E-state index contributed by atoms with van der Waals surface area (Å²) < 4.78 is 45.4. The van der Waals surface area contributed by atoms with Gasteiger partial charge in [-0.2, -0.15) is 13.2 Å². The molecule has 1 aromatic heterocycles. The summed E-state index contributed by atoms with van der Waals surface area (Å²) in [5.74, 6) is 1.02. The first kappa shape index (κ1) is 20.4. The lowest BCUT2D eigenvalue weighted by molar-refractivity contribution is -0.138. The number of hydrogen-bond acceptors (Lipinski definition) is 4. The van der Waals surface area contributed by atoms with Crippen molar-refractivity contribution in [2.75, 3.05) is 25.1 Å². The number of anilines is 1. The van der Waals surface area contributed by atoms with Gasteiger partial charge in [-0.1, -0.05) is 6.92 Å². The first-order valence-corrected chi connectivity index (χ1v) is 10.0. The summed E-state index contributed by atoms with van der Waals surface area (Å²) in [6, 6.07) is 5.89. The van der Waals surface area contributed by atoms with Crippen molar-refractivity contribution in [3.8, 4) is 5.75 Å². The van der Waals surface area contributed by atoms with Crippen molar-refractivity contribution >= 4 is 17.5 Å². The number of allylic oxidation sites excluding steroid dienone is 1. The van der Waals surface area contributed by atoms with Gasteiger partial charge in [-0.3, -0.25) is 9.78 Å². The van der Waals surface area contributed by atoms with Gasteiger partial charge in [-0.05, 0) is 54.7 Å². The monoisotopic (exact) mass is 416 g/mol. The summed E-state index contributed by atoms with van der Waals surface area (Å²) in [4.78, 5) is 19.0. The first-order valence-electron chi connectivity index (χ1n) is 10.0. The Morgan fingerprint density at radius 2 is 1.97 bits per heavy atom. The molecule has 0 amide bonds. The number of pyridine rings is 1. The van der Waals surface area contributed by atoms with Crippen LogP contribution in [-0.4, -0.2) is 31.0 Å². The van der Waals surface area contributed by atoms with E-state index >= 15 is 0 Å². The number of ketones is 1. The van der Waals surface area contributed by atoms with Crippen LogP contribution >= 0.6 is 0 Å². The van der Waals surface area contributed by atoms with Crippen LogP contribution in [0.5, 0.6) is 5.75 Å². The van der Waals surface area contributed by atoms with Gasteiger partial charge in [0.1, 0.15) is 5.75 Å². The standard InChI is InChI=1S/C23H23F3N2O2/c1-14-5-8-28(9-6-14)20-12-15-10-16(22(29)17(15)13-21(20)30-2)11-19-18(23(24,25)26)4-3-7-27-19/h3-4,7,11-14H,5-6,8-10H2,1-2H3. The molecule has 1 fully saturated rings. The van der Waals surface area contributed by atoms with Crippen LogP contribution < -0.4 is 9.64 Å². The highest BCUT2D eigenvalue weighted by Gasteiger charge is 2.34. The van der Waals surface area contributed by atoms with Gasteiger partial charge < -0.3 is 9.64 Å². The molecule has 4 nitrogen and oxygen atoms in total. The van der Waals surface area contributed by atoms with Gasteiger partial charge in [0, 0.05) is 36.8 Å². The number of nitrogens with zero attached hydrogens (tertiary/aromatic N) is 2. The summed E-state index contributed by atoms with van der Waals surface area (Å²) in [6.07, 6.45) is 0.487. The lowest BCUT2D eigenvalue weighted by Gasteiger charge is -2.33. The van der Waals surface area contributed by atoms with Crippen LogP contribution in [0, 0.1) is 5.92 Å². The molecule has 0 N–H and O–H groups in total. The zero-order valence-electron chi connectivity index (χ0n) is 16.9. The Morgan fingerprint density at radius 1 is 1.23 bits per heavy atom. The molecule has 158 valence electrons. The van der Waals surface area contributed by atoms with Gasteiger partial charge in [0.25, 0.3) is 0 Å². The van der Waals surface area contributed by atoms with Crippen molar-refractivity contribution < 1.29 is 22.7 Å². The summed E-state index contributed by atoms with van der Waals surface area (Å²) in [6.45, 7) is 4.06. The molecule has 2 aliphatic rings. The molecule has 4 rings (SSSR count). The molecule has 1 aliphatic heterocycles. The van der Waals surface area contributed by atoms with Crippen molar-refractivity contribution in [3.63, 3.8) is 0 Å². The molecule has 1 aromatic carbocycles. The van der Waals surface area contributed by atoms with Gasteiger partial charge in [0.2, 0.25) is 0 Å². The maximum atomic E-state index is 13.3. The number of benzene rings is 1. The molecule has 30 heavy (non-hydrogen) atoms. The number of fused-ring (bicyclic) bond motifs is 1. The van der Waals surface area contributed by atoms with E-state index in [-0.39, 0.29) is 17.9 Å². The zero-order valence-corrected chi connectivity index (χ0v) is 16.9. The van der Waals surface area contributed by atoms with E-state index in [1.165, 1.54) is 18.3 Å². The van der Waals surface area contributed by atoms with E-state index < -0.39 is 11.7 Å². The third kappa shape index (κ3) is 3.80. The molecule has 2 aromatic rings. The van der Waals surface area contributed by atoms with Crippen molar-refractivity contribution in [3.05, 3.63) is 58.4 Å². The zero-order chi connectivity index (χ0) is 21.5. The molecule has 0 spiro atoms. The molecule has 0 bridgehead atoms. The molecule has 2 heterocycles. The lowest BCUT2D eigenvalue weighted by atomic mass is 9.98. The Labute approximate surface area is 173 Å². The number of ether oxygens (including phenoxy) is 1. The van der Waals surface area contributed by atoms with Crippen LogP contribution in [0.25, 0.3) is 6.08 Å². The maximum absolute atomic E-state index is 13.3. The molecule has 1 aliphatic carbocycles. The second-order valence-electron chi connectivity index (χ2n) is 7.96. The Kier molecular flexibility index (Phi) is 5.30. The number of carbonyl (C=O) groups excluding carboxylic acids is 1. The second kappa shape index (κ2) is 7.78. The van der Waals surface area contributed by atoms with Crippen LogP contribution in [0.1, 0.15) is 46.9 Å². The van der Waals surface area contributed by atoms with Crippen molar-refractivity contribution in [2.24, 2.45) is 5.92 Å². The van der Waals surface area contributed by atoms with Gasteiger partial charge in [0.15, 0.2) is 5.78 Å². The van der Waals surface area contributed by atoms with Crippen molar-refractivity contribution in [2.45, 2.75) is 32.4 Å². The first-order chi connectivity index (χ1) is 14.3. The van der Waals surface area contributed by atoms with Gasteiger partial charge in [0.05, 0.1) is 24.1 Å². The van der Waals surface area contributed by atoms with Crippen LogP contribution in [-0.2, 0) is 12.6 Å². The second-order valence-corrected chi connectivity index (χ2v) is 7.96. The predicted molar refractivity (Wildman–Crippen MR) is 109 cm³/mol. The summed E-state index contributed by atoms with van der Waals surface area (Å²) >= 11 is 0. The summed E-state index contributed by atoms with van der Waals surface area (Å²) in [5, 5.41) is 0. The highest BCUT2D eigenvalue weighted by molar-refractivity contribution is 6.16. The van der Waals surface area contributed by atoms with E-state index in [0.717, 1.165) is 43.2 Å². The van der Waals surface area contributed by atoms with Crippen LogP contribution in [0.4, 0.5) is 18.9 Å². The summed E-state index contributed by atoms with van der Waals surface area (Å²) in [7, 11) is 1.57. The Hall–Kier alpha value is -2.83. The maximum Gasteiger partial charge on any atom is 0.418 e. The molecule has 0 radical (unpaired) electrons. The van der Waals surface area contributed by atoms with Crippen molar-refractivity contribution in [1.82, 2.24) is 4.98 Å². The molecule has 0 unspecified atom stereocenters. The number of hydrogen-bond donors (Lipinski definition) is 0. The van der Waals surface area contributed by atoms with E-state index in [9.17, 15) is 18.0 Å². The molecular formula is C23H23F3N2O2. The van der Waals surface area contributed by atoms with Gasteiger partial charge in [-0.25, -0.2) is 0 Å². The fourth-order valence-corrected chi connectivity index (χ4v) is 4.14. The predicted octanol–water partition coefficient (Wildman–Crippen LogP) is 5.17. The number of piperidine rings is 1. The average molecular weight is 416 g/mol. The van der Waals surface area contributed by atoms with E-state index in [1.54, 1.807) is 13.2 Å². The number of methoxy groups -OCH3 is 1. The van der Waals surface area contributed by atoms with E-state index in [2.05, 4.69) is 16.8 Å². The molecule has 7 heteroatoms. The Morgan fingerprint density at radius 3 is 2.63 bits per heavy atom. The highest BCUT2D eigenvalue weighted by Crippen LogP contribution is 2.39. The van der Waals surface area contributed by atoms with Gasteiger partial charge in [-0.15, -0.1) is 0 Å². The number of carbonyl (C=O) groups is 1. The summed E-state index contributed by atoms with van der Waals surface area (Å²) in [5.41, 5.74) is 1.45. The number of alkyl halides is 3. The van der Waals surface area contributed by atoms with Crippen LogP contribution in [0.2, 0.25) is 0 Å². The normalized spacial score (nSPS) is 18.8. The minimum Gasteiger partial charge on any atom is -0.495 e. The SMILES string of the molecule is COc1cc2c(cc1N1CCC(C)CC1)CC(=Cc1ncccc1C(F)(F)F)C2=O. The lowest BCUT2D eigenvalue weighted by Crippen LogP contribution is -2.33. The number of rotatable bonds is 3. The quantitative estimate of drug-likeness (QED) is 0.648. The minimum atomic E-state index is -4.53. The topological polar surface area (TPSA) is 42.4 Å². The third-order valence-electron chi connectivity index (χ3n) is 5.90. The number of aromatic nitrogens is 1. The molecular weight excluding hydrogens is 393 g/mol.